The summed E-state index contributed by atoms with van der Waals surface area (Å²) < 4.78 is 10.3. The smallest absolute Gasteiger partial charge is 0.341 e. The summed E-state index contributed by atoms with van der Waals surface area (Å²) in [7, 11) is 0. The van der Waals surface area contributed by atoms with Gasteiger partial charge in [-0.05, 0) is 31.9 Å². The van der Waals surface area contributed by atoms with E-state index in [9.17, 15) is 20.1 Å². The minimum Gasteiger partial charge on any atom is -0.429 e. The molecule has 1 aliphatic rings. The SMILES string of the molecule is Cc1cc(C)c(C(=O)O[C@H]2OC(CO)C(O)C(O)C2O)c(C)c1. The minimum atomic E-state index is -1.61. The van der Waals surface area contributed by atoms with Crippen LogP contribution in [0.1, 0.15) is 27.0 Å². The molecule has 1 aromatic carbocycles. The summed E-state index contributed by atoms with van der Waals surface area (Å²) in [5, 5.41) is 38.5. The Morgan fingerprint density at radius 3 is 2.17 bits per heavy atom. The van der Waals surface area contributed by atoms with E-state index >= 15 is 0 Å². The maximum atomic E-state index is 12.4. The number of hydrogen-bond acceptors (Lipinski definition) is 7. The summed E-state index contributed by atoms with van der Waals surface area (Å²) in [6.07, 6.45) is -7.28. The van der Waals surface area contributed by atoms with Gasteiger partial charge >= 0.3 is 5.97 Å². The molecular formula is C16H22O7. The third-order valence-corrected chi connectivity index (χ3v) is 3.95. The van der Waals surface area contributed by atoms with Crippen LogP contribution < -0.4 is 0 Å². The van der Waals surface area contributed by atoms with Crippen LogP contribution in [0.3, 0.4) is 0 Å². The summed E-state index contributed by atoms with van der Waals surface area (Å²) in [6, 6.07) is 3.66. The van der Waals surface area contributed by atoms with Gasteiger partial charge in [0, 0.05) is 0 Å². The predicted molar refractivity (Wildman–Crippen MR) is 79.8 cm³/mol. The van der Waals surface area contributed by atoms with Crippen molar-refractivity contribution in [2.24, 2.45) is 0 Å². The molecular weight excluding hydrogens is 304 g/mol. The number of carbonyl (C=O) groups is 1. The molecule has 0 bridgehead atoms. The number of aryl methyl sites for hydroxylation is 3. The Labute approximate surface area is 134 Å². The zero-order valence-corrected chi connectivity index (χ0v) is 13.3. The molecule has 0 aromatic heterocycles. The zero-order valence-electron chi connectivity index (χ0n) is 13.3. The van der Waals surface area contributed by atoms with Crippen LogP contribution in [-0.4, -0.2) is 63.7 Å². The number of hydrogen-bond donors (Lipinski definition) is 4. The number of aliphatic hydroxyl groups excluding tert-OH is 4. The van der Waals surface area contributed by atoms with Crippen LogP contribution in [0.15, 0.2) is 12.1 Å². The monoisotopic (exact) mass is 326 g/mol. The molecule has 1 heterocycles. The highest BCUT2D eigenvalue weighted by atomic mass is 16.7. The van der Waals surface area contributed by atoms with Gasteiger partial charge in [0.25, 0.3) is 0 Å². The molecule has 0 spiro atoms. The molecule has 0 aliphatic carbocycles. The highest BCUT2D eigenvalue weighted by Gasteiger charge is 2.45. The second-order valence-electron chi connectivity index (χ2n) is 5.88. The van der Waals surface area contributed by atoms with Gasteiger partial charge < -0.3 is 29.9 Å². The Morgan fingerprint density at radius 2 is 1.65 bits per heavy atom. The first-order chi connectivity index (χ1) is 10.8. The van der Waals surface area contributed by atoms with Crippen LogP contribution in [-0.2, 0) is 9.47 Å². The lowest BCUT2D eigenvalue weighted by molar-refractivity contribution is -0.285. The molecule has 128 valence electrons. The lowest BCUT2D eigenvalue weighted by Gasteiger charge is -2.39. The molecule has 1 aromatic rings. The fourth-order valence-corrected chi connectivity index (χ4v) is 2.83. The van der Waals surface area contributed by atoms with E-state index in [1.807, 2.05) is 19.1 Å². The van der Waals surface area contributed by atoms with Gasteiger partial charge in [-0.25, -0.2) is 4.79 Å². The van der Waals surface area contributed by atoms with Gasteiger partial charge in [0.1, 0.15) is 24.4 Å². The second-order valence-corrected chi connectivity index (χ2v) is 5.88. The maximum Gasteiger partial charge on any atom is 0.341 e. The normalized spacial score (nSPS) is 31.0. The first-order valence-corrected chi connectivity index (χ1v) is 7.35. The Hall–Kier alpha value is -1.51. The number of benzene rings is 1. The molecule has 0 radical (unpaired) electrons. The van der Waals surface area contributed by atoms with Crippen molar-refractivity contribution < 1.29 is 34.7 Å². The van der Waals surface area contributed by atoms with E-state index in [1.165, 1.54) is 0 Å². The van der Waals surface area contributed by atoms with Crippen molar-refractivity contribution in [2.75, 3.05) is 6.61 Å². The van der Waals surface area contributed by atoms with Crippen molar-refractivity contribution in [1.82, 2.24) is 0 Å². The Kier molecular flexibility index (Phi) is 5.38. The largest absolute Gasteiger partial charge is 0.429 e. The molecule has 7 heteroatoms. The van der Waals surface area contributed by atoms with Gasteiger partial charge in [-0.3, -0.25) is 0 Å². The highest BCUT2D eigenvalue weighted by molar-refractivity contribution is 5.92. The van der Waals surface area contributed by atoms with Crippen LogP contribution in [0.5, 0.6) is 0 Å². The summed E-state index contributed by atoms with van der Waals surface area (Å²) in [6.45, 7) is 4.86. The molecule has 5 atom stereocenters. The molecule has 4 unspecified atom stereocenters. The number of aliphatic hydroxyl groups is 4. The van der Waals surface area contributed by atoms with Crippen LogP contribution in [0, 0.1) is 20.8 Å². The van der Waals surface area contributed by atoms with E-state index in [0.717, 1.165) is 16.7 Å². The van der Waals surface area contributed by atoms with Gasteiger partial charge in [-0.2, -0.15) is 0 Å². The topological polar surface area (TPSA) is 116 Å². The zero-order chi connectivity index (χ0) is 17.3. The molecule has 23 heavy (non-hydrogen) atoms. The number of carbonyl (C=O) groups excluding carboxylic acids is 1. The number of esters is 1. The summed E-state index contributed by atoms with van der Waals surface area (Å²) >= 11 is 0. The summed E-state index contributed by atoms with van der Waals surface area (Å²) in [5.41, 5.74) is 2.80. The van der Waals surface area contributed by atoms with Crippen molar-refractivity contribution in [3.8, 4) is 0 Å². The number of rotatable bonds is 3. The molecule has 7 nitrogen and oxygen atoms in total. The van der Waals surface area contributed by atoms with E-state index in [-0.39, 0.29) is 0 Å². The molecule has 1 fully saturated rings. The van der Waals surface area contributed by atoms with E-state index in [1.54, 1.807) is 13.8 Å². The fourth-order valence-electron chi connectivity index (χ4n) is 2.83. The van der Waals surface area contributed by atoms with E-state index in [0.29, 0.717) is 5.56 Å². The lowest BCUT2D eigenvalue weighted by atomic mass is 9.98. The van der Waals surface area contributed by atoms with E-state index < -0.39 is 43.3 Å². The van der Waals surface area contributed by atoms with Crippen LogP contribution in [0.25, 0.3) is 0 Å². The van der Waals surface area contributed by atoms with Crippen molar-refractivity contribution in [3.05, 3.63) is 34.4 Å². The van der Waals surface area contributed by atoms with Crippen LogP contribution in [0.2, 0.25) is 0 Å². The Balaban J connectivity index is 2.20. The molecule has 2 rings (SSSR count). The second kappa shape index (κ2) is 6.94. The fraction of sp³-hybridized carbons (Fsp3) is 0.562. The van der Waals surface area contributed by atoms with E-state index in [4.69, 9.17) is 14.6 Å². The average molecular weight is 326 g/mol. The minimum absolute atomic E-state index is 0.354. The Bertz CT molecular complexity index is 561. The van der Waals surface area contributed by atoms with Crippen molar-refractivity contribution in [1.29, 1.82) is 0 Å². The quantitative estimate of drug-likeness (QED) is 0.557. The average Bonchev–Trinajstić information content (AvgIpc) is 2.46. The van der Waals surface area contributed by atoms with Gasteiger partial charge in [-0.15, -0.1) is 0 Å². The first kappa shape index (κ1) is 17.8. The van der Waals surface area contributed by atoms with Gasteiger partial charge in [-0.1, -0.05) is 17.7 Å². The first-order valence-electron chi connectivity index (χ1n) is 7.35. The van der Waals surface area contributed by atoms with Crippen LogP contribution in [0.4, 0.5) is 0 Å². The molecule has 0 amide bonds. The predicted octanol–water partition coefficient (Wildman–Crippen LogP) is -0.431. The Morgan fingerprint density at radius 1 is 1.09 bits per heavy atom. The molecule has 1 saturated heterocycles. The van der Waals surface area contributed by atoms with Gasteiger partial charge in [0.15, 0.2) is 0 Å². The van der Waals surface area contributed by atoms with E-state index in [2.05, 4.69) is 0 Å². The third-order valence-electron chi connectivity index (χ3n) is 3.95. The van der Waals surface area contributed by atoms with Crippen LogP contribution >= 0.6 is 0 Å². The van der Waals surface area contributed by atoms with Crippen molar-refractivity contribution >= 4 is 5.97 Å². The van der Waals surface area contributed by atoms with Crippen molar-refractivity contribution in [2.45, 2.75) is 51.5 Å². The third kappa shape index (κ3) is 3.54. The summed E-state index contributed by atoms with van der Waals surface area (Å²) in [4.78, 5) is 12.4. The van der Waals surface area contributed by atoms with Gasteiger partial charge in [0.05, 0.1) is 12.2 Å². The number of ether oxygens (including phenoxy) is 2. The molecule has 1 aliphatic heterocycles. The standard InChI is InChI=1S/C16H22O7/c1-7-4-8(2)11(9(3)5-7)15(21)23-16-14(20)13(19)12(18)10(6-17)22-16/h4-5,10,12-14,16-20H,6H2,1-3H3/t10?,12?,13?,14?,16-/m1/s1. The maximum absolute atomic E-state index is 12.4. The highest BCUT2D eigenvalue weighted by Crippen LogP contribution is 2.24. The molecule has 0 saturated carbocycles. The van der Waals surface area contributed by atoms with Crippen molar-refractivity contribution in [3.63, 3.8) is 0 Å². The summed E-state index contributed by atoms with van der Waals surface area (Å²) in [5.74, 6) is -0.704. The molecule has 4 N–H and O–H groups in total. The lowest BCUT2D eigenvalue weighted by Crippen LogP contribution is -2.59. The van der Waals surface area contributed by atoms with Gasteiger partial charge in [0.2, 0.25) is 6.29 Å².